The van der Waals surface area contributed by atoms with Crippen molar-refractivity contribution in [1.82, 2.24) is 5.32 Å². The Morgan fingerprint density at radius 3 is 2.48 bits per heavy atom. The monoisotopic (exact) mass is 494 g/mol. The molecule has 0 radical (unpaired) electrons. The topological polar surface area (TPSA) is 62.1 Å². The molecule has 0 unspecified atom stereocenters. The average Bonchev–Trinajstić information content (AvgIpc) is 2.77. The molecule has 0 saturated carbocycles. The van der Waals surface area contributed by atoms with Crippen LogP contribution < -0.4 is 10.1 Å². The number of halogens is 2. The molecular weight excluding hydrogens is 476 g/mol. The van der Waals surface area contributed by atoms with Crippen molar-refractivity contribution in [2.75, 3.05) is 0 Å². The highest BCUT2D eigenvalue weighted by Gasteiger charge is 2.13. The Kier molecular flexibility index (Phi) is 7.88. The fraction of sp³-hybridized carbons (Fsp3) is 0.120. The van der Waals surface area contributed by atoms with Crippen LogP contribution in [0.5, 0.6) is 5.75 Å². The van der Waals surface area contributed by atoms with Crippen molar-refractivity contribution in [3.8, 4) is 11.8 Å². The molecule has 0 heterocycles. The Bertz CT molecular complexity index is 1110. The van der Waals surface area contributed by atoms with Gasteiger partial charge in [-0.3, -0.25) is 4.79 Å². The number of amides is 1. The van der Waals surface area contributed by atoms with Gasteiger partial charge in [0.25, 0.3) is 5.91 Å². The zero-order valence-corrected chi connectivity index (χ0v) is 19.2. The van der Waals surface area contributed by atoms with Gasteiger partial charge in [-0.05, 0) is 57.8 Å². The lowest BCUT2D eigenvalue weighted by Crippen LogP contribution is -2.23. The molecule has 3 rings (SSSR count). The summed E-state index contributed by atoms with van der Waals surface area (Å²) in [6.45, 7) is 2.75. The SMILES string of the molecule is Cc1ccc(COc2c(Cl)cc(/C=C(/C#N)C(=O)NCc3ccccc3)cc2Br)cc1. The quantitative estimate of drug-likeness (QED) is 0.313. The summed E-state index contributed by atoms with van der Waals surface area (Å²) in [5.74, 6) is 0.0599. The van der Waals surface area contributed by atoms with Crippen LogP contribution >= 0.6 is 27.5 Å². The summed E-state index contributed by atoms with van der Waals surface area (Å²) >= 11 is 9.88. The van der Waals surface area contributed by atoms with E-state index in [1.165, 1.54) is 11.6 Å². The van der Waals surface area contributed by atoms with Crippen LogP contribution in [0.25, 0.3) is 6.08 Å². The Balaban J connectivity index is 1.71. The van der Waals surface area contributed by atoms with Crippen LogP contribution in [-0.4, -0.2) is 5.91 Å². The third-order valence-corrected chi connectivity index (χ3v) is 5.37. The second-order valence-corrected chi connectivity index (χ2v) is 8.19. The van der Waals surface area contributed by atoms with Crippen LogP contribution in [0.4, 0.5) is 0 Å². The molecule has 156 valence electrons. The van der Waals surface area contributed by atoms with Gasteiger partial charge in [-0.15, -0.1) is 0 Å². The summed E-state index contributed by atoms with van der Waals surface area (Å²) in [6, 6.07) is 22.9. The van der Waals surface area contributed by atoms with Crippen LogP contribution in [0.2, 0.25) is 5.02 Å². The van der Waals surface area contributed by atoms with Gasteiger partial charge in [0, 0.05) is 6.54 Å². The van der Waals surface area contributed by atoms with E-state index in [0.29, 0.717) is 34.0 Å². The van der Waals surface area contributed by atoms with E-state index in [4.69, 9.17) is 16.3 Å². The van der Waals surface area contributed by atoms with Crippen molar-refractivity contribution in [3.05, 3.63) is 104 Å². The number of nitrogens with zero attached hydrogens (tertiary/aromatic N) is 1. The zero-order valence-electron chi connectivity index (χ0n) is 16.9. The number of carbonyl (C=O) groups excluding carboxylic acids is 1. The van der Waals surface area contributed by atoms with E-state index in [-0.39, 0.29) is 5.57 Å². The first kappa shape index (κ1) is 22.6. The fourth-order valence-corrected chi connectivity index (χ4v) is 3.82. The van der Waals surface area contributed by atoms with Crippen molar-refractivity contribution >= 4 is 39.5 Å². The maximum Gasteiger partial charge on any atom is 0.262 e. The van der Waals surface area contributed by atoms with Crippen LogP contribution in [0, 0.1) is 18.3 Å². The summed E-state index contributed by atoms with van der Waals surface area (Å²) < 4.78 is 6.51. The lowest BCUT2D eigenvalue weighted by atomic mass is 10.1. The van der Waals surface area contributed by atoms with Gasteiger partial charge in [0.05, 0.1) is 9.50 Å². The van der Waals surface area contributed by atoms with Gasteiger partial charge in [-0.2, -0.15) is 5.26 Å². The molecule has 0 spiro atoms. The van der Waals surface area contributed by atoms with Crippen LogP contribution in [0.15, 0.2) is 76.8 Å². The number of hydrogen-bond acceptors (Lipinski definition) is 3. The van der Waals surface area contributed by atoms with Crippen molar-refractivity contribution in [2.45, 2.75) is 20.1 Å². The lowest BCUT2D eigenvalue weighted by molar-refractivity contribution is -0.117. The Morgan fingerprint density at radius 2 is 1.84 bits per heavy atom. The van der Waals surface area contributed by atoms with E-state index in [2.05, 4.69) is 21.2 Å². The van der Waals surface area contributed by atoms with Crippen LogP contribution in [0.1, 0.15) is 22.3 Å². The molecule has 1 amide bonds. The molecular formula is C25H20BrClN2O2. The Hall–Kier alpha value is -3.07. The first-order valence-electron chi connectivity index (χ1n) is 9.57. The summed E-state index contributed by atoms with van der Waals surface area (Å²) in [6.07, 6.45) is 1.50. The van der Waals surface area contributed by atoms with E-state index in [1.807, 2.05) is 67.6 Å². The molecule has 1 N–H and O–H groups in total. The molecule has 3 aromatic rings. The standard InChI is InChI=1S/C25H20BrClN2O2/c1-17-7-9-19(10-8-17)16-31-24-22(26)12-20(13-23(24)27)11-21(14-28)25(30)29-15-18-5-3-2-4-6-18/h2-13H,15-16H2,1H3,(H,29,30)/b21-11-. The van der Waals surface area contributed by atoms with E-state index >= 15 is 0 Å². The highest BCUT2D eigenvalue weighted by molar-refractivity contribution is 9.10. The maximum absolute atomic E-state index is 12.4. The minimum atomic E-state index is -0.446. The summed E-state index contributed by atoms with van der Waals surface area (Å²) in [7, 11) is 0. The van der Waals surface area contributed by atoms with Crippen molar-refractivity contribution in [3.63, 3.8) is 0 Å². The average molecular weight is 496 g/mol. The van der Waals surface area contributed by atoms with Crippen LogP contribution in [-0.2, 0) is 17.9 Å². The highest BCUT2D eigenvalue weighted by Crippen LogP contribution is 2.35. The smallest absolute Gasteiger partial charge is 0.262 e. The minimum Gasteiger partial charge on any atom is -0.486 e. The van der Waals surface area contributed by atoms with Gasteiger partial charge in [-0.25, -0.2) is 0 Å². The molecule has 3 aromatic carbocycles. The van der Waals surface area contributed by atoms with E-state index in [0.717, 1.165) is 11.1 Å². The van der Waals surface area contributed by atoms with Crippen LogP contribution in [0.3, 0.4) is 0 Å². The first-order valence-corrected chi connectivity index (χ1v) is 10.7. The lowest BCUT2D eigenvalue weighted by Gasteiger charge is -2.12. The number of carbonyl (C=O) groups is 1. The number of nitriles is 1. The van der Waals surface area contributed by atoms with Crippen molar-refractivity contribution in [2.24, 2.45) is 0 Å². The third-order valence-electron chi connectivity index (χ3n) is 4.50. The molecule has 0 fully saturated rings. The maximum atomic E-state index is 12.4. The molecule has 6 heteroatoms. The summed E-state index contributed by atoms with van der Waals surface area (Å²) in [5, 5.41) is 12.6. The van der Waals surface area contributed by atoms with E-state index in [1.54, 1.807) is 12.1 Å². The predicted octanol–water partition coefficient (Wildman–Crippen LogP) is 6.21. The molecule has 0 saturated heterocycles. The first-order chi connectivity index (χ1) is 15.0. The van der Waals surface area contributed by atoms with Gasteiger partial charge in [0.15, 0.2) is 5.75 Å². The second kappa shape index (κ2) is 10.8. The number of rotatable bonds is 7. The Labute approximate surface area is 195 Å². The van der Waals surface area contributed by atoms with Gasteiger partial charge in [0.1, 0.15) is 18.2 Å². The number of aryl methyl sites for hydroxylation is 1. The number of nitrogens with one attached hydrogen (secondary N) is 1. The highest BCUT2D eigenvalue weighted by atomic mass is 79.9. The zero-order chi connectivity index (χ0) is 22.2. The fourth-order valence-electron chi connectivity index (χ4n) is 2.83. The van der Waals surface area contributed by atoms with E-state index < -0.39 is 5.91 Å². The minimum absolute atomic E-state index is 0.00720. The molecule has 4 nitrogen and oxygen atoms in total. The molecule has 0 aliphatic rings. The number of ether oxygens (including phenoxy) is 1. The van der Waals surface area contributed by atoms with E-state index in [9.17, 15) is 10.1 Å². The normalized spacial score (nSPS) is 11.0. The second-order valence-electron chi connectivity index (χ2n) is 6.93. The summed E-state index contributed by atoms with van der Waals surface area (Å²) in [4.78, 5) is 12.4. The predicted molar refractivity (Wildman–Crippen MR) is 127 cm³/mol. The molecule has 0 aliphatic heterocycles. The Morgan fingerprint density at radius 1 is 1.13 bits per heavy atom. The van der Waals surface area contributed by atoms with Gasteiger partial charge in [-0.1, -0.05) is 71.8 Å². The van der Waals surface area contributed by atoms with Gasteiger partial charge < -0.3 is 10.1 Å². The number of hydrogen-bond donors (Lipinski definition) is 1. The molecule has 0 aromatic heterocycles. The summed E-state index contributed by atoms with van der Waals surface area (Å²) in [5.41, 5.74) is 3.77. The largest absolute Gasteiger partial charge is 0.486 e. The molecule has 31 heavy (non-hydrogen) atoms. The van der Waals surface area contributed by atoms with Gasteiger partial charge >= 0.3 is 0 Å². The van der Waals surface area contributed by atoms with Crippen molar-refractivity contribution in [1.29, 1.82) is 5.26 Å². The third kappa shape index (κ3) is 6.45. The molecule has 0 bridgehead atoms. The van der Waals surface area contributed by atoms with Crippen molar-refractivity contribution < 1.29 is 9.53 Å². The molecule has 0 aliphatic carbocycles. The van der Waals surface area contributed by atoms with Gasteiger partial charge in [0.2, 0.25) is 0 Å². The number of benzene rings is 3. The molecule has 0 atom stereocenters.